The van der Waals surface area contributed by atoms with Gasteiger partial charge < -0.3 is 10.0 Å². The molecule has 2 nitrogen and oxygen atoms in total. The summed E-state index contributed by atoms with van der Waals surface area (Å²) in [6, 6.07) is 7.48. The summed E-state index contributed by atoms with van der Waals surface area (Å²) in [5.74, 6) is 0.0501. The number of aliphatic hydroxyl groups is 1. The number of halogens is 4. The van der Waals surface area contributed by atoms with Crippen LogP contribution in [0.15, 0.2) is 35.7 Å². The van der Waals surface area contributed by atoms with Gasteiger partial charge in [-0.15, -0.1) is 23.7 Å². The highest BCUT2D eigenvalue weighted by Crippen LogP contribution is 2.41. The second kappa shape index (κ2) is 9.06. The number of hydrogen-bond donors (Lipinski definition) is 1. The first-order chi connectivity index (χ1) is 12.7. The van der Waals surface area contributed by atoms with Crippen LogP contribution in [0.25, 0.3) is 0 Å². The van der Waals surface area contributed by atoms with Crippen molar-refractivity contribution >= 4 is 28.7 Å². The normalized spacial score (nSPS) is 22.6. The molecule has 7 heteroatoms. The Labute approximate surface area is 174 Å². The van der Waals surface area contributed by atoms with Gasteiger partial charge in [-0.2, -0.15) is 13.2 Å². The fraction of sp³-hybridized carbons (Fsp3) is 0.524. The van der Waals surface area contributed by atoms with Crippen LogP contribution in [-0.4, -0.2) is 24.8 Å². The first-order valence-corrected chi connectivity index (χ1v) is 10.2. The van der Waals surface area contributed by atoms with E-state index < -0.39 is 17.3 Å². The van der Waals surface area contributed by atoms with Gasteiger partial charge in [0.1, 0.15) is 0 Å². The largest absolute Gasteiger partial charge is 0.416 e. The molecule has 0 bridgehead atoms. The van der Waals surface area contributed by atoms with E-state index in [0.29, 0.717) is 12.0 Å². The third-order valence-electron chi connectivity index (χ3n) is 5.53. The summed E-state index contributed by atoms with van der Waals surface area (Å²) in [4.78, 5) is 2.08. The standard InChI is InChI=1S/C21H26F3NOS.ClH/c1-25(2)19-16(9-11-27-19)13-17-7-3-4-10-20(17,26)14-15-6-5-8-18(12-15)21(22,23)24;/h5-6,8-9,11-12,17,26H,3-4,7,10,13-14H2,1-2H3;1H. The van der Waals surface area contributed by atoms with Gasteiger partial charge in [-0.3, -0.25) is 0 Å². The van der Waals surface area contributed by atoms with Crippen LogP contribution in [0.3, 0.4) is 0 Å². The summed E-state index contributed by atoms with van der Waals surface area (Å²) < 4.78 is 39.1. The number of benzene rings is 1. The number of anilines is 1. The van der Waals surface area contributed by atoms with E-state index >= 15 is 0 Å². The third-order valence-corrected chi connectivity index (χ3v) is 6.66. The molecule has 1 fully saturated rings. The second-order valence-corrected chi connectivity index (χ2v) is 8.67. The summed E-state index contributed by atoms with van der Waals surface area (Å²) in [5, 5.41) is 14.7. The van der Waals surface area contributed by atoms with Crippen molar-refractivity contribution in [3.63, 3.8) is 0 Å². The lowest BCUT2D eigenvalue weighted by Gasteiger charge is -2.40. The van der Waals surface area contributed by atoms with Crippen LogP contribution >= 0.6 is 23.7 Å². The first kappa shape index (κ1) is 23.0. The SMILES string of the molecule is CN(C)c1sccc1CC1CCCCC1(O)Cc1cccc(C(F)(F)F)c1.Cl. The molecule has 1 aromatic carbocycles. The number of rotatable bonds is 5. The molecule has 2 aromatic rings. The summed E-state index contributed by atoms with van der Waals surface area (Å²) in [6.07, 6.45) is 0.165. The molecule has 2 atom stereocenters. The maximum atomic E-state index is 13.0. The number of thiophene rings is 1. The molecular weight excluding hydrogens is 407 g/mol. The molecule has 0 spiro atoms. The lowest BCUT2D eigenvalue weighted by atomic mass is 9.70. The van der Waals surface area contributed by atoms with Crippen LogP contribution in [0.1, 0.15) is 42.4 Å². The summed E-state index contributed by atoms with van der Waals surface area (Å²) in [6.45, 7) is 0. The van der Waals surface area contributed by atoms with Crippen LogP contribution in [0.5, 0.6) is 0 Å². The Balaban J connectivity index is 0.00000280. The third kappa shape index (κ3) is 5.22. The zero-order chi connectivity index (χ0) is 19.7. The van der Waals surface area contributed by atoms with Gasteiger partial charge in [-0.25, -0.2) is 0 Å². The number of hydrogen-bond acceptors (Lipinski definition) is 3. The predicted octanol–water partition coefficient (Wildman–Crippen LogP) is 5.96. The molecule has 3 rings (SSSR count). The minimum atomic E-state index is -4.36. The van der Waals surface area contributed by atoms with Crippen molar-refractivity contribution in [1.82, 2.24) is 0 Å². The quantitative estimate of drug-likeness (QED) is 0.628. The van der Waals surface area contributed by atoms with E-state index in [1.807, 2.05) is 14.1 Å². The van der Waals surface area contributed by atoms with E-state index in [1.165, 1.54) is 22.7 Å². The predicted molar refractivity (Wildman–Crippen MR) is 112 cm³/mol. The van der Waals surface area contributed by atoms with Gasteiger partial charge in [-0.05, 0) is 53.8 Å². The molecule has 0 radical (unpaired) electrons. The molecule has 0 amide bonds. The van der Waals surface area contributed by atoms with E-state index in [4.69, 9.17) is 0 Å². The lowest BCUT2D eigenvalue weighted by molar-refractivity contribution is -0.137. The van der Waals surface area contributed by atoms with Gasteiger partial charge >= 0.3 is 6.18 Å². The second-order valence-electron chi connectivity index (χ2n) is 7.77. The van der Waals surface area contributed by atoms with E-state index in [9.17, 15) is 18.3 Å². The summed E-state index contributed by atoms with van der Waals surface area (Å²) >= 11 is 1.67. The molecule has 0 saturated heterocycles. The molecule has 156 valence electrons. The van der Waals surface area contributed by atoms with Crippen molar-refractivity contribution in [3.8, 4) is 0 Å². The summed E-state index contributed by atoms with van der Waals surface area (Å²) in [5.41, 5.74) is 0.147. The smallest absolute Gasteiger partial charge is 0.389 e. The maximum absolute atomic E-state index is 13.0. The molecule has 1 heterocycles. The molecule has 1 aromatic heterocycles. The highest BCUT2D eigenvalue weighted by Gasteiger charge is 2.40. The van der Waals surface area contributed by atoms with Crippen molar-refractivity contribution in [2.24, 2.45) is 5.92 Å². The Bertz CT molecular complexity index is 777. The Morgan fingerprint density at radius 3 is 2.64 bits per heavy atom. The van der Waals surface area contributed by atoms with Crippen molar-refractivity contribution in [2.75, 3.05) is 19.0 Å². The minimum absolute atomic E-state index is 0. The van der Waals surface area contributed by atoms with Crippen LogP contribution in [0, 0.1) is 5.92 Å². The van der Waals surface area contributed by atoms with E-state index in [1.54, 1.807) is 17.4 Å². The van der Waals surface area contributed by atoms with Crippen molar-refractivity contribution < 1.29 is 18.3 Å². The molecule has 1 aliphatic rings. The van der Waals surface area contributed by atoms with Crippen molar-refractivity contribution in [2.45, 2.75) is 50.3 Å². The topological polar surface area (TPSA) is 23.5 Å². The van der Waals surface area contributed by atoms with Crippen LogP contribution < -0.4 is 4.90 Å². The van der Waals surface area contributed by atoms with Crippen molar-refractivity contribution in [3.05, 3.63) is 52.4 Å². The average molecular weight is 434 g/mol. The Morgan fingerprint density at radius 2 is 1.96 bits per heavy atom. The summed E-state index contributed by atoms with van der Waals surface area (Å²) in [7, 11) is 4.01. The van der Waals surface area contributed by atoms with Crippen LogP contribution in [0.2, 0.25) is 0 Å². The zero-order valence-electron chi connectivity index (χ0n) is 16.1. The van der Waals surface area contributed by atoms with Gasteiger partial charge in [0, 0.05) is 20.5 Å². The number of nitrogens with zero attached hydrogens (tertiary/aromatic N) is 1. The lowest BCUT2D eigenvalue weighted by Crippen LogP contribution is -2.43. The molecule has 2 unspecified atom stereocenters. The zero-order valence-corrected chi connectivity index (χ0v) is 17.8. The Morgan fingerprint density at radius 1 is 1.21 bits per heavy atom. The van der Waals surface area contributed by atoms with Gasteiger partial charge in [0.15, 0.2) is 0 Å². The van der Waals surface area contributed by atoms with E-state index in [0.717, 1.165) is 31.7 Å². The van der Waals surface area contributed by atoms with Crippen molar-refractivity contribution in [1.29, 1.82) is 0 Å². The molecule has 1 saturated carbocycles. The maximum Gasteiger partial charge on any atom is 0.416 e. The van der Waals surface area contributed by atoms with Gasteiger partial charge in [-0.1, -0.05) is 31.0 Å². The van der Waals surface area contributed by atoms with Gasteiger partial charge in [0.25, 0.3) is 0 Å². The molecule has 1 aliphatic carbocycles. The fourth-order valence-corrected chi connectivity index (χ4v) is 5.05. The highest BCUT2D eigenvalue weighted by atomic mass is 35.5. The molecule has 28 heavy (non-hydrogen) atoms. The minimum Gasteiger partial charge on any atom is -0.389 e. The van der Waals surface area contributed by atoms with Crippen LogP contribution in [0.4, 0.5) is 18.2 Å². The molecular formula is C21H27ClF3NOS. The van der Waals surface area contributed by atoms with E-state index in [-0.39, 0.29) is 24.7 Å². The monoisotopic (exact) mass is 433 g/mol. The van der Waals surface area contributed by atoms with E-state index in [2.05, 4.69) is 16.3 Å². The highest BCUT2D eigenvalue weighted by molar-refractivity contribution is 7.14. The van der Waals surface area contributed by atoms with Crippen LogP contribution in [-0.2, 0) is 19.0 Å². The fourth-order valence-electron chi connectivity index (χ4n) is 4.17. The average Bonchev–Trinajstić information content (AvgIpc) is 3.05. The number of alkyl halides is 3. The molecule has 0 aliphatic heterocycles. The Hall–Kier alpha value is -1.24. The van der Waals surface area contributed by atoms with Gasteiger partial charge in [0.05, 0.1) is 16.2 Å². The first-order valence-electron chi connectivity index (χ1n) is 9.31. The Kier molecular flexibility index (Phi) is 7.45. The molecule has 1 N–H and O–H groups in total. The van der Waals surface area contributed by atoms with Gasteiger partial charge in [0.2, 0.25) is 0 Å².